The molecule has 0 aliphatic carbocycles. The van der Waals surface area contributed by atoms with Crippen LogP contribution in [-0.2, 0) is 0 Å². The lowest BCUT2D eigenvalue weighted by atomic mass is 10.1. The maximum atomic E-state index is 10.8. The second-order valence-electron chi connectivity index (χ2n) is 3.90. The van der Waals surface area contributed by atoms with Crippen LogP contribution in [0.1, 0.15) is 30.1 Å². The van der Waals surface area contributed by atoms with E-state index in [2.05, 4.69) is 15.3 Å². The lowest BCUT2D eigenvalue weighted by Crippen LogP contribution is -2.09. The smallest absolute Gasteiger partial charge is 0.156 e. The Hall–Kier alpha value is -1.20. The zero-order valence-corrected chi connectivity index (χ0v) is 10.4. The van der Waals surface area contributed by atoms with E-state index in [1.165, 1.54) is 6.33 Å². The highest BCUT2D eigenvalue weighted by Gasteiger charge is 2.08. The fourth-order valence-corrected chi connectivity index (χ4v) is 1.55. The Kier molecular flexibility index (Phi) is 5.86. The van der Waals surface area contributed by atoms with E-state index in [0.29, 0.717) is 18.6 Å². The summed E-state index contributed by atoms with van der Waals surface area (Å²) >= 11 is 5.76. The normalized spacial score (nSPS) is 12.2. The fourth-order valence-electron chi connectivity index (χ4n) is 1.37. The van der Waals surface area contributed by atoms with Crippen LogP contribution in [0.15, 0.2) is 6.33 Å². The molecular weight excluding hydrogens is 242 g/mol. The quantitative estimate of drug-likeness (QED) is 0.442. The summed E-state index contributed by atoms with van der Waals surface area (Å²) in [4.78, 5) is 18.5. The van der Waals surface area contributed by atoms with Gasteiger partial charge in [0.15, 0.2) is 6.29 Å². The van der Waals surface area contributed by atoms with Crippen molar-refractivity contribution < 1.29 is 9.90 Å². The summed E-state index contributed by atoms with van der Waals surface area (Å²) in [5, 5.41) is 12.1. The molecule has 1 aromatic heterocycles. The number of anilines is 1. The third-order valence-electron chi connectivity index (χ3n) is 2.43. The van der Waals surface area contributed by atoms with Crippen LogP contribution >= 0.6 is 11.6 Å². The number of nitrogens with zero attached hydrogens (tertiary/aromatic N) is 2. The van der Waals surface area contributed by atoms with Crippen molar-refractivity contribution in [2.75, 3.05) is 18.5 Å². The molecule has 0 radical (unpaired) electrons. The molecule has 0 aromatic carbocycles. The molecule has 5 nitrogen and oxygen atoms in total. The monoisotopic (exact) mass is 257 g/mol. The molecule has 0 aliphatic rings. The first-order valence-corrected chi connectivity index (χ1v) is 5.87. The van der Waals surface area contributed by atoms with Crippen molar-refractivity contribution in [3.8, 4) is 0 Å². The van der Waals surface area contributed by atoms with Gasteiger partial charge in [-0.25, -0.2) is 9.97 Å². The molecule has 0 fully saturated rings. The minimum atomic E-state index is 0.154. The first kappa shape index (κ1) is 13.9. The largest absolute Gasteiger partial charge is 0.396 e. The summed E-state index contributed by atoms with van der Waals surface area (Å²) in [6.07, 6.45) is 3.76. The molecule has 0 aliphatic heterocycles. The molecule has 0 saturated carbocycles. The van der Waals surface area contributed by atoms with Gasteiger partial charge in [0.05, 0.1) is 5.56 Å². The van der Waals surface area contributed by atoms with Crippen LogP contribution in [0.25, 0.3) is 0 Å². The number of halogens is 1. The van der Waals surface area contributed by atoms with Crippen molar-refractivity contribution in [3.05, 3.63) is 17.0 Å². The van der Waals surface area contributed by atoms with Crippen molar-refractivity contribution in [1.29, 1.82) is 0 Å². The fraction of sp³-hybridized carbons (Fsp3) is 0.545. The van der Waals surface area contributed by atoms with Gasteiger partial charge in [-0.3, -0.25) is 4.79 Å². The molecule has 1 atom stereocenters. The van der Waals surface area contributed by atoms with E-state index < -0.39 is 0 Å². The Labute approximate surface area is 105 Å². The molecule has 1 unspecified atom stereocenters. The highest BCUT2D eigenvalue weighted by atomic mass is 35.5. The zero-order chi connectivity index (χ0) is 12.7. The van der Waals surface area contributed by atoms with Crippen molar-refractivity contribution in [1.82, 2.24) is 9.97 Å². The first-order valence-electron chi connectivity index (χ1n) is 5.49. The Morgan fingerprint density at radius 3 is 3.00 bits per heavy atom. The van der Waals surface area contributed by atoms with Crippen molar-refractivity contribution in [2.24, 2.45) is 5.92 Å². The number of hydrogen-bond acceptors (Lipinski definition) is 5. The van der Waals surface area contributed by atoms with E-state index >= 15 is 0 Å². The van der Waals surface area contributed by atoms with E-state index in [-0.39, 0.29) is 23.2 Å². The summed E-state index contributed by atoms with van der Waals surface area (Å²) in [7, 11) is 0. The predicted molar refractivity (Wildman–Crippen MR) is 66.4 cm³/mol. The standard InChI is InChI=1S/C11H16ClN3O2/c1-8(5-16)3-2-4-13-11-9(6-17)10(12)14-7-15-11/h6-8,16H,2-5H2,1H3,(H,13,14,15). The predicted octanol–water partition coefficient (Wildman–Crippen LogP) is 1.76. The number of carbonyl (C=O) groups is 1. The average Bonchev–Trinajstić information content (AvgIpc) is 2.34. The molecular formula is C11H16ClN3O2. The summed E-state index contributed by atoms with van der Waals surface area (Å²) in [6, 6.07) is 0. The van der Waals surface area contributed by atoms with E-state index in [9.17, 15) is 4.79 Å². The van der Waals surface area contributed by atoms with Gasteiger partial charge in [-0.05, 0) is 18.8 Å². The molecule has 6 heteroatoms. The van der Waals surface area contributed by atoms with E-state index in [4.69, 9.17) is 16.7 Å². The van der Waals surface area contributed by atoms with Crippen LogP contribution in [0.2, 0.25) is 5.15 Å². The van der Waals surface area contributed by atoms with Gasteiger partial charge in [0, 0.05) is 13.2 Å². The summed E-state index contributed by atoms with van der Waals surface area (Å²) < 4.78 is 0. The number of rotatable bonds is 7. The van der Waals surface area contributed by atoms with Gasteiger partial charge in [-0.2, -0.15) is 0 Å². The van der Waals surface area contributed by atoms with Gasteiger partial charge in [0.2, 0.25) is 0 Å². The first-order chi connectivity index (χ1) is 8.19. The van der Waals surface area contributed by atoms with Crippen LogP contribution in [-0.4, -0.2) is 34.5 Å². The number of hydrogen-bond donors (Lipinski definition) is 2. The lowest BCUT2D eigenvalue weighted by molar-refractivity contribution is 0.112. The molecule has 1 rings (SSSR count). The van der Waals surface area contributed by atoms with Crippen LogP contribution in [0.3, 0.4) is 0 Å². The van der Waals surface area contributed by atoms with Gasteiger partial charge < -0.3 is 10.4 Å². The molecule has 1 heterocycles. The zero-order valence-electron chi connectivity index (χ0n) is 9.69. The maximum absolute atomic E-state index is 10.8. The van der Waals surface area contributed by atoms with Crippen molar-refractivity contribution in [2.45, 2.75) is 19.8 Å². The molecule has 1 aromatic rings. The van der Waals surface area contributed by atoms with Crippen LogP contribution < -0.4 is 5.32 Å². The highest BCUT2D eigenvalue weighted by Crippen LogP contribution is 2.17. The Morgan fingerprint density at radius 2 is 2.35 bits per heavy atom. The molecule has 0 spiro atoms. The Morgan fingerprint density at radius 1 is 1.59 bits per heavy atom. The van der Waals surface area contributed by atoms with Gasteiger partial charge in [0.25, 0.3) is 0 Å². The van der Waals surface area contributed by atoms with Gasteiger partial charge >= 0.3 is 0 Å². The van der Waals surface area contributed by atoms with Crippen LogP contribution in [0.5, 0.6) is 0 Å². The molecule has 0 bridgehead atoms. The van der Waals surface area contributed by atoms with Crippen LogP contribution in [0, 0.1) is 5.92 Å². The van der Waals surface area contributed by atoms with Gasteiger partial charge in [-0.15, -0.1) is 0 Å². The molecule has 2 N–H and O–H groups in total. The SMILES string of the molecule is CC(CO)CCCNc1ncnc(Cl)c1C=O. The number of carbonyl (C=O) groups excluding carboxylic acids is 1. The third kappa shape index (κ3) is 4.28. The Balaban J connectivity index is 2.46. The number of aldehydes is 1. The third-order valence-corrected chi connectivity index (χ3v) is 2.73. The molecule has 0 amide bonds. The number of aliphatic hydroxyl groups excluding tert-OH is 1. The van der Waals surface area contributed by atoms with Gasteiger partial charge in [0.1, 0.15) is 17.3 Å². The maximum Gasteiger partial charge on any atom is 0.156 e. The second-order valence-corrected chi connectivity index (χ2v) is 4.26. The summed E-state index contributed by atoms with van der Waals surface area (Å²) in [5.41, 5.74) is 0.282. The topological polar surface area (TPSA) is 75.1 Å². The number of aliphatic hydroxyl groups is 1. The molecule has 0 saturated heterocycles. The average molecular weight is 258 g/mol. The Bertz CT molecular complexity index is 374. The molecule has 94 valence electrons. The van der Waals surface area contributed by atoms with Crippen molar-refractivity contribution >= 4 is 23.7 Å². The van der Waals surface area contributed by atoms with E-state index in [1.54, 1.807) is 0 Å². The van der Waals surface area contributed by atoms with Crippen molar-refractivity contribution in [3.63, 3.8) is 0 Å². The second kappa shape index (κ2) is 7.19. The number of aromatic nitrogens is 2. The number of nitrogens with one attached hydrogen (secondary N) is 1. The summed E-state index contributed by atoms with van der Waals surface area (Å²) in [5.74, 6) is 0.744. The van der Waals surface area contributed by atoms with Crippen LogP contribution in [0.4, 0.5) is 5.82 Å². The van der Waals surface area contributed by atoms with E-state index in [0.717, 1.165) is 12.8 Å². The lowest BCUT2D eigenvalue weighted by Gasteiger charge is -2.10. The van der Waals surface area contributed by atoms with E-state index in [1.807, 2.05) is 6.92 Å². The van der Waals surface area contributed by atoms with Gasteiger partial charge in [-0.1, -0.05) is 18.5 Å². The minimum Gasteiger partial charge on any atom is -0.396 e. The minimum absolute atomic E-state index is 0.154. The summed E-state index contributed by atoms with van der Waals surface area (Å²) in [6.45, 7) is 2.86. The molecule has 17 heavy (non-hydrogen) atoms. The highest BCUT2D eigenvalue weighted by molar-refractivity contribution is 6.32.